The standard InChI is InChI=1S/C9H5F4N4/c1-4-2-14-8(12)16-7(4)17-3-5(10)6(11)15-9(17)13/h2-3H,1H3. The van der Waals surface area contributed by atoms with Gasteiger partial charge in [0.25, 0.3) is 12.0 Å². The predicted octanol–water partition coefficient (Wildman–Crippen LogP) is 2.34. The molecule has 0 amide bonds. The molecule has 1 aliphatic heterocycles. The minimum atomic E-state index is -1.58. The highest BCUT2D eigenvalue weighted by molar-refractivity contribution is 5.94. The number of rotatable bonds is 1. The van der Waals surface area contributed by atoms with Crippen LogP contribution in [0.4, 0.5) is 23.4 Å². The Balaban J connectivity index is 2.43. The lowest BCUT2D eigenvalue weighted by Gasteiger charge is -2.22. The van der Waals surface area contributed by atoms with Gasteiger partial charge in [0.15, 0.2) is 5.83 Å². The molecule has 1 aliphatic rings. The van der Waals surface area contributed by atoms with Gasteiger partial charge in [-0.3, -0.25) is 4.90 Å². The molecule has 89 valence electrons. The van der Waals surface area contributed by atoms with Gasteiger partial charge in [-0.1, -0.05) is 0 Å². The second-order valence-electron chi connectivity index (χ2n) is 3.16. The van der Waals surface area contributed by atoms with Gasteiger partial charge in [-0.25, -0.2) is 9.37 Å². The average Bonchev–Trinajstić information content (AvgIpc) is 2.27. The second kappa shape index (κ2) is 4.11. The fraction of sp³-hybridized carbons (Fsp3) is 0.111. The number of hydrogen-bond donors (Lipinski definition) is 0. The summed E-state index contributed by atoms with van der Waals surface area (Å²) in [7, 11) is 0. The summed E-state index contributed by atoms with van der Waals surface area (Å²) in [6, 6.07) is 0. The van der Waals surface area contributed by atoms with E-state index in [4.69, 9.17) is 0 Å². The Bertz CT molecular complexity index is 526. The summed E-state index contributed by atoms with van der Waals surface area (Å²) >= 11 is 0. The lowest BCUT2D eigenvalue weighted by Crippen LogP contribution is -2.30. The molecule has 1 aromatic rings. The number of nitrogens with zero attached hydrogens (tertiary/aromatic N) is 4. The molecule has 17 heavy (non-hydrogen) atoms. The van der Waals surface area contributed by atoms with E-state index < -0.39 is 23.9 Å². The second-order valence-corrected chi connectivity index (χ2v) is 3.16. The molecule has 0 aromatic carbocycles. The third-order valence-corrected chi connectivity index (χ3v) is 1.97. The van der Waals surface area contributed by atoms with E-state index in [1.54, 1.807) is 0 Å². The number of aromatic nitrogens is 2. The number of hydrogen-bond acceptors (Lipinski definition) is 4. The monoisotopic (exact) mass is 245 g/mol. The number of aliphatic imine (C=N–C) groups is 1. The molecular weight excluding hydrogens is 240 g/mol. The van der Waals surface area contributed by atoms with E-state index >= 15 is 0 Å². The van der Waals surface area contributed by atoms with E-state index in [0.717, 1.165) is 6.20 Å². The smallest absolute Gasteiger partial charge is 0.273 e. The zero-order chi connectivity index (χ0) is 12.6. The molecule has 2 rings (SSSR count). The lowest BCUT2D eigenvalue weighted by molar-refractivity contribution is 0.516. The molecular formula is C9H5F4N4. The van der Waals surface area contributed by atoms with Crippen molar-refractivity contribution >= 4 is 11.9 Å². The molecule has 0 unspecified atom stereocenters. The van der Waals surface area contributed by atoms with Crippen LogP contribution in [0.5, 0.6) is 0 Å². The molecule has 0 fully saturated rings. The predicted molar refractivity (Wildman–Crippen MR) is 51.3 cm³/mol. The minimum absolute atomic E-state index is 0.249. The van der Waals surface area contributed by atoms with Crippen LogP contribution in [-0.4, -0.2) is 16.1 Å². The fourth-order valence-electron chi connectivity index (χ4n) is 1.21. The molecule has 0 bridgehead atoms. The molecule has 0 spiro atoms. The van der Waals surface area contributed by atoms with Crippen LogP contribution in [0.15, 0.2) is 23.0 Å². The first-order chi connectivity index (χ1) is 7.99. The quantitative estimate of drug-likeness (QED) is 0.433. The number of anilines is 1. The molecule has 1 aromatic heterocycles. The molecule has 0 aliphatic carbocycles. The van der Waals surface area contributed by atoms with Crippen molar-refractivity contribution in [3.05, 3.63) is 36.2 Å². The topological polar surface area (TPSA) is 41.4 Å². The summed E-state index contributed by atoms with van der Waals surface area (Å²) in [5, 5.41) is 0. The van der Waals surface area contributed by atoms with Crippen LogP contribution in [0, 0.1) is 19.5 Å². The van der Waals surface area contributed by atoms with Gasteiger partial charge in [-0.15, -0.1) is 0 Å². The number of halogens is 4. The van der Waals surface area contributed by atoms with E-state index in [9.17, 15) is 17.6 Å². The first kappa shape index (κ1) is 11.5. The van der Waals surface area contributed by atoms with Crippen LogP contribution in [0.2, 0.25) is 0 Å². The normalized spacial score (nSPS) is 16.3. The maximum Gasteiger partial charge on any atom is 0.310 e. The van der Waals surface area contributed by atoms with Crippen molar-refractivity contribution in [2.24, 2.45) is 4.99 Å². The van der Waals surface area contributed by atoms with Crippen LogP contribution >= 0.6 is 0 Å². The molecule has 2 heterocycles. The Kier molecular flexibility index (Phi) is 2.78. The lowest BCUT2D eigenvalue weighted by atomic mass is 10.3. The Morgan fingerprint density at radius 1 is 1.18 bits per heavy atom. The first-order valence-corrected chi connectivity index (χ1v) is 4.41. The van der Waals surface area contributed by atoms with Gasteiger partial charge in [0, 0.05) is 11.8 Å². The highest BCUT2D eigenvalue weighted by Crippen LogP contribution is 2.27. The van der Waals surface area contributed by atoms with Gasteiger partial charge in [0.2, 0.25) is 0 Å². The summed E-state index contributed by atoms with van der Waals surface area (Å²) in [6.45, 7) is 1.95. The van der Waals surface area contributed by atoms with Crippen LogP contribution in [0.25, 0.3) is 0 Å². The maximum atomic E-state index is 13.3. The zero-order valence-electron chi connectivity index (χ0n) is 8.46. The maximum absolute atomic E-state index is 13.3. The van der Waals surface area contributed by atoms with Crippen LogP contribution in [-0.2, 0) is 0 Å². The van der Waals surface area contributed by atoms with Gasteiger partial charge in [-0.05, 0) is 6.92 Å². The van der Waals surface area contributed by atoms with Crippen molar-refractivity contribution < 1.29 is 17.6 Å². The Morgan fingerprint density at radius 3 is 2.59 bits per heavy atom. The summed E-state index contributed by atoms with van der Waals surface area (Å²) < 4.78 is 51.6. The van der Waals surface area contributed by atoms with Crippen molar-refractivity contribution in [2.75, 3.05) is 4.90 Å². The van der Waals surface area contributed by atoms with Gasteiger partial charge >= 0.3 is 6.08 Å². The van der Waals surface area contributed by atoms with E-state index in [2.05, 4.69) is 15.0 Å². The number of aryl methyl sites for hydroxylation is 1. The number of amidine groups is 1. The van der Waals surface area contributed by atoms with Gasteiger partial charge in [-0.2, -0.15) is 23.1 Å². The third-order valence-electron chi connectivity index (χ3n) is 1.97. The SMILES string of the molecule is Cc1cnc(F)nc1N1[CH]C(F)=C(F)N=C1F. The zero-order valence-corrected chi connectivity index (χ0v) is 8.46. The molecule has 4 nitrogen and oxygen atoms in total. The summed E-state index contributed by atoms with van der Waals surface area (Å²) in [5.74, 6) is -3.20. The molecule has 0 N–H and O–H groups in total. The van der Waals surface area contributed by atoms with Crippen molar-refractivity contribution in [3.8, 4) is 0 Å². The van der Waals surface area contributed by atoms with Crippen molar-refractivity contribution in [1.82, 2.24) is 9.97 Å². The van der Waals surface area contributed by atoms with E-state index in [0.29, 0.717) is 11.4 Å². The van der Waals surface area contributed by atoms with Gasteiger partial charge in [0.05, 0.1) is 0 Å². The summed E-state index contributed by atoms with van der Waals surface area (Å²) in [5.41, 5.74) is 0.281. The largest absolute Gasteiger partial charge is 0.310 e. The molecule has 1 radical (unpaired) electrons. The Hall–Kier alpha value is -1.99. The third kappa shape index (κ3) is 2.10. The molecule has 0 saturated carbocycles. The highest BCUT2D eigenvalue weighted by atomic mass is 19.2. The molecule has 0 atom stereocenters. The van der Waals surface area contributed by atoms with E-state index in [1.165, 1.54) is 6.92 Å². The van der Waals surface area contributed by atoms with Crippen molar-refractivity contribution in [3.63, 3.8) is 0 Å². The minimum Gasteiger partial charge on any atom is -0.273 e. The Labute approximate surface area is 93.3 Å². The average molecular weight is 245 g/mol. The fourth-order valence-corrected chi connectivity index (χ4v) is 1.21. The first-order valence-electron chi connectivity index (χ1n) is 4.41. The van der Waals surface area contributed by atoms with Crippen molar-refractivity contribution in [1.29, 1.82) is 0 Å². The van der Waals surface area contributed by atoms with Gasteiger partial charge in [0.1, 0.15) is 12.4 Å². The van der Waals surface area contributed by atoms with E-state index in [1.807, 2.05) is 0 Å². The molecule has 8 heteroatoms. The van der Waals surface area contributed by atoms with E-state index in [-0.39, 0.29) is 11.4 Å². The summed E-state index contributed by atoms with van der Waals surface area (Å²) in [6.07, 6.45) is -1.36. The van der Waals surface area contributed by atoms with Crippen molar-refractivity contribution in [2.45, 2.75) is 6.92 Å². The van der Waals surface area contributed by atoms with Crippen LogP contribution < -0.4 is 4.90 Å². The molecule has 0 saturated heterocycles. The summed E-state index contributed by atoms with van der Waals surface area (Å²) in [4.78, 5) is 9.71. The van der Waals surface area contributed by atoms with Crippen LogP contribution in [0.1, 0.15) is 5.56 Å². The Morgan fingerprint density at radius 2 is 1.88 bits per heavy atom. The highest BCUT2D eigenvalue weighted by Gasteiger charge is 2.27. The van der Waals surface area contributed by atoms with Gasteiger partial charge < -0.3 is 0 Å². The van der Waals surface area contributed by atoms with Crippen LogP contribution in [0.3, 0.4) is 0 Å².